The maximum Gasteiger partial charge on any atom is 0.330 e. The van der Waals surface area contributed by atoms with Gasteiger partial charge in [0.2, 0.25) is 0 Å². The zero-order valence-corrected chi connectivity index (χ0v) is 19.9. The highest BCUT2D eigenvalue weighted by Crippen LogP contribution is 2.36. The summed E-state index contributed by atoms with van der Waals surface area (Å²) in [4.78, 5) is 11.3. The number of hydrogen-bond donors (Lipinski definition) is 0. The number of ether oxygens (including phenoxy) is 1. The number of allylic oxidation sites excluding steroid dienone is 1. The van der Waals surface area contributed by atoms with Crippen molar-refractivity contribution >= 4 is 24.7 Å². The summed E-state index contributed by atoms with van der Waals surface area (Å²) in [6, 6.07) is 21.5. The van der Waals surface area contributed by atoms with Crippen molar-refractivity contribution in [3.8, 4) is 0 Å². The fourth-order valence-electron chi connectivity index (χ4n) is 3.90. The van der Waals surface area contributed by atoms with E-state index in [2.05, 4.69) is 81.4 Å². The first-order valence-electron chi connectivity index (χ1n) is 11.0. The van der Waals surface area contributed by atoms with Crippen LogP contribution in [0.2, 0.25) is 5.04 Å². The van der Waals surface area contributed by atoms with Crippen LogP contribution in [0.5, 0.6) is 0 Å². The summed E-state index contributed by atoms with van der Waals surface area (Å²) in [5, 5.41) is 2.65. The van der Waals surface area contributed by atoms with E-state index >= 15 is 0 Å². The zero-order chi connectivity index (χ0) is 21.9. The van der Waals surface area contributed by atoms with E-state index in [1.807, 2.05) is 13.0 Å². The molecule has 0 aliphatic rings. The highest BCUT2D eigenvalue weighted by atomic mass is 28.4. The molecule has 0 aliphatic heterocycles. The maximum absolute atomic E-state index is 11.3. The van der Waals surface area contributed by atoms with Crippen LogP contribution in [0.25, 0.3) is 0 Å². The van der Waals surface area contributed by atoms with Crippen molar-refractivity contribution in [2.45, 2.75) is 58.4 Å². The Morgan fingerprint density at radius 3 is 1.97 bits per heavy atom. The summed E-state index contributed by atoms with van der Waals surface area (Å²) in [6.07, 6.45) is 7.45. The molecule has 0 saturated heterocycles. The van der Waals surface area contributed by atoms with Gasteiger partial charge in [-0.3, -0.25) is 0 Å². The van der Waals surface area contributed by atoms with Gasteiger partial charge in [0.05, 0.1) is 6.61 Å². The van der Waals surface area contributed by atoms with Crippen molar-refractivity contribution in [2.75, 3.05) is 13.2 Å². The smallest absolute Gasteiger partial charge is 0.330 e. The van der Waals surface area contributed by atoms with Crippen molar-refractivity contribution in [3.63, 3.8) is 0 Å². The first kappa shape index (κ1) is 24.1. The molecule has 0 aliphatic carbocycles. The molecule has 3 nitrogen and oxygen atoms in total. The predicted molar refractivity (Wildman–Crippen MR) is 128 cm³/mol. The van der Waals surface area contributed by atoms with Crippen molar-refractivity contribution in [1.82, 2.24) is 0 Å². The van der Waals surface area contributed by atoms with Gasteiger partial charge in [0, 0.05) is 12.7 Å². The van der Waals surface area contributed by atoms with E-state index in [0.717, 1.165) is 32.3 Å². The van der Waals surface area contributed by atoms with Gasteiger partial charge in [-0.25, -0.2) is 4.79 Å². The lowest BCUT2D eigenvalue weighted by atomic mass is 10.2. The van der Waals surface area contributed by atoms with E-state index in [0.29, 0.717) is 6.61 Å². The molecule has 2 rings (SSSR count). The van der Waals surface area contributed by atoms with Gasteiger partial charge >= 0.3 is 5.97 Å². The molecular weight excluding hydrogens is 388 g/mol. The van der Waals surface area contributed by atoms with Crippen LogP contribution in [0.15, 0.2) is 72.8 Å². The molecule has 0 bridgehead atoms. The van der Waals surface area contributed by atoms with Crippen LogP contribution in [-0.2, 0) is 14.0 Å². The molecule has 4 heteroatoms. The number of esters is 1. The lowest BCUT2D eigenvalue weighted by Crippen LogP contribution is -2.66. The van der Waals surface area contributed by atoms with Crippen LogP contribution in [0.4, 0.5) is 0 Å². The predicted octanol–water partition coefficient (Wildman–Crippen LogP) is 5.24. The molecule has 2 aromatic carbocycles. The SMILES string of the molecule is CCOC(=O)C=CCCCCCO[Si](c1ccccc1)(c1ccccc1)C(C)(C)C. The van der Waals surface area contributed by atoms with E-state index in [4.69, 9.17) is 9.16 Å². The molecule has 0 saturated carbocycles. The molecule has 0 N–H and O–H groups in total. The molecule has 0 aromatic heterocycles. The second-order valence-corrected chi connectivity index (χ2v) is 12.8. The first-order chi connectivity index (χ1) is 14.4. The number of unbranched alkanes of at least 4 members (excludes halogenated alkanes) is 3. The summed E-state index contributed by atoms with van der Waals surface area (Å²) >= 11 is 0. The summed E-state index contributed by atoms with van der Waals surface area (Å²) in [7, 11) is -2.42. The Hall–Kier alpha value is -2.17. The quantitative estimate of drug-likeness (QED) is 0.214. The van der Waals surface area contributed by atoms with Crippen molar-refractivity contribution < 1.29 is 14.0 Å². The molecule has 30 heavy (non-hydrogen) atoms. The summed E-state index contributed by atoms with van der Waals surface area (Å²) in [6.45, 7) is 9.90. The average Bonchev–Trinajstić information content (AvgIpc) is 2.73. The molecule has 0 heterocycles. The fourth-order valence-corrected chi connectivity index (χ4v) is 8.50. The van der Waals surface area contributed by atoms with Gasteiger partial charge in [0.15, 0.2) is 0 Å². The van der Waals surface area contributed by atoms with E-state index in [-0.39, 0.29) is 11.0 Å². The molecule has 0 unspecified atom stereocenters. The third kappa shape index (κ3) is 6.41. The minimum absolute atomic E-state index is 0.0120. The molecule has 0 atom stereocenters. The van der Waals surface area contributed by atoms with Crippen LogP contribution < -0.4 is 10.4 Å². The zero-order valence-electron chi connectivity index (χ0n) is 18.9. The minimum Gasteiger partial charge on any atom is -0.463 e. The fraction of sp³-hybridized carbons (Fsp3) is 0.423. The maximum atomic E-state index is 11.3. The Bertz CT molecular complexity index is 739. The van der Waals surface area contributed by atoms with Crippen molar-refractivity contribution in [3.05, 3.63) is 72.8 Å². The van der Waals surface area contributed by atoms with Gasteiger partial charge in [-0.2, -0.15) is 0 Å². The summed E-state index contributed by atoms with van der Waals surface area (Å²) in [5.74, 6) is -0.257. The largest absolute Gasteiger partial charge is 0.463 e. The Labute approximate surface area is 183 Å². The number of rotatable bonds is 11. The van der Waals surface area contributed by atoms with Crippen LogP contribution in [0, 0.1) is 0 Å². The van der Waals surface area contributed by atoms with Crippen molar-refractivity contribution in [2.24, 2.45) is 0 Å². The molecule has 2 aromatic rings. The van der Waals surface area contributed by atoms with Crippen LogP contribution in [0.1, 0.15) is 53.4 Å². The van der Waals surface area contributed by atoms with Gasteiger partial charge in [0.25, 0.3) is 8.32 Å². The van der Waals surface area contributed by atoms with Gasteiger partial charge < -0.3 is 9.16 Å². The van der Waals surface area contributed by atoms with Gasteiger partial charge in [-0.1, -0.05) is 93.9 Å². The second-order valence-electron chi connectivity index (χ2n) is 8.52. The van der Waals surface area contributed by atoms with Crippen LogP contribution in [-0.4, -0.2) is 27.5 Å². The van der Waals surface area contributed by atoms with E-state index in [1.165, 1.54) is 16.4 Å². The average molecular weight is 425 g/mol. The highest BCUT2D eigenvalue weighted by Gasteiger charge is 2.49. The Morgan fingerprint density at radius 1 is 0.900 bits per heavy atom. The lowest BCUT2D eigenvalue weighted by molar-refractivity contribution is -0.137. The molecule has 0 radical (unpaired) electrons. The molecule has 0 fully saturated rings. The first-order valence-corrected chi connectivity index (χ1v) is 12.9. The van der Waals surface area contributed by atoms with E-state index < -0.39 is 8.32 Å². The standard InChI is InChI=1S/C26H36O3Si/c1-5-28-25(27)21-15-7-6-8-16-22-29-30(26(2,3)4,23-17-11-9-12-18-23)24-19-13-10-14-20-24/h9-15,17-21H,5-8,16,22H2,1-4H3. The van der Waals surface area contributed by atoms with Crippen LogP contribution in [0.3, 0.4) is 0 Å². The van der Waals surface area contributed by atoms with Crippen LogP contribution >= 0.6 is 0 Å². The Morgan fingerprint density at radius 2 is 1.47 bits per heavy atom. The number of carbonyl (C=O) groups is 1. The van der Waals surface area contributed by atoms with Gasteiger partial charge in [-0.05, 0) is 41.6 Å². The monoisotopic (exact) mass is 424 g/mol. The number of benzene rings is 2. The molecule has 0 amide bonds. The number of hydrogen-bond acceptors (Lipinski definition) is 3. The Kier molecular flexibility index (Phi) is 9.54. The van der Waals surface area contributed by atoms with E-state index in [9.17, 15) is 4.79 Å². The van der Waals surface area contributed by atoms with E-state index in [1.54, 1.807) is 0 Å². The number of carbonyl (C=O) groups excluding carboxylic acids is 1. The molecule has 162 valence electrons. The van der Waals surface area contributed by atoms with Gasteiger partial charge in [-0.15, -0.1) is 0 Å². The molecule has 0 spiro atoms. The third-order valence-electron chi connectivity index (χ3n) is 5.29. The minimum atomic E-state index is -2.42. The topological polar surface area (TPSA) is 35.5 Å². The lowest BCUT2D eigenvalue weighted by Gasteiger charge is -2.43. The normalized spacial score (nSPS) is 12.3. The highest BCUT2D eigenvalue weighted by molar-refractivity contribution is 6.99. The summed E-state index contributed by atoms with van der Waals surface area (Å²) in [5.41, 5.74) is 0. The second kappa shape index (κ2) is 11.9. The molecular formula is C26H36O3Si. The van der Waals surface area contributed by atoms with Crippen molar-refractivity contribution in [1.29, 1.82) is 0 Å². The van der Waals surface area contributed by atoms with Gasteiger partial charge in [0.1, 0.15) is 0 Å². The summed E-state index contributed by atoms with van der Waals surface area (Å²) < 4.78 is 11.8. The third-order valence-corrected chi connectivity index (χ3v) is 10.3. The Balaban J connectivity index is 2.04.